The first-order valence-corrected chi connectivity index (χ1v) is 9.65. The molecule has 2 N–H and O–H groups in total. The van der Waals surface area contributed by atoms with Crippen molar-refractivity contribution in [3.63, 3.8) is 0 Å². The number of hydrogen-bond donors (Lipinski definition) is 2. The van der Waals surface area contributed by atoms with Crippen molar-refractivity contribution in [2.45, 2.75) is 29.6 Å². The quantitative estimate of drug-likeness (QED) is 0.751. The minimum Gasteiger partial charge on any atom is -0.337 e. The van der Waals surface area contributed by atoms with Gasteiger partial charge in [-0.1, -0.05) is 13.3 Å². The lowest BCUT2D eigenvalue weighted by Gasteiger charge is -2.08. The molecule has 0 radical (unpaired) electrons. The normalized spacial score (nSPS) is 11.9. The van der Waals surface area contributed by atoms with Crippen LogP contribution in [-0.2, 0) is 19.9 Å². The molecule has 0 aliphatic heterocycles. The van der Waals surface area contributed by atoms with Gasteiger partial charge in [-0.25, -0.2) is 26.4 Å². The Labute approximate surface area is 124 Å². The minimum atomic E-state index is -4.02. The second-order valence-electron chi connectivity index (χ2n) is 4.46. The molecule has 1 aromatic rings. The zero-order chi connectivity index (χ0) is 16.1. The molecule has 9 heteroatoms. The van der Waals surface area contributed by atoms with Crippen molar-refractivity contribution in [2.24, 2.45) is 0 Å². The second kappa shape index (κ2) is 6.90. The Bertz CT molecular complexity index is 694. The fourth-order valence-corrected chi connectivity index (χ4v) is 3.02. The molecular formula is C12H18N2O5S2. The molecule has 0 heterocycles. The van der Waals surface area contributed by atoms with E-state index in [2.05, 4.69) is 5.32 Å². The smallest absolute Gasteiger partial charge is 0.328 e. The highest BCUT2D eigenvalue weighted by Gasteiger charge is 2.18. The number of unbranched alkanes of at least 4 members (excludes halogenated alkanes) is 1. The summed E-state index contributed by atoms with van der Waals surface area (Å²) in [7, 11) is -7.41. The van der Waals surface area contributed by atoms with Crippen molar-refractivity contribution in [2.75, 3.05) is 12.8 Å². The fourth-order valence-electron chi connectivity index (χ4n) is 1.46. The number of sulfonamides is 1. The molecule has 21 heavy (non-hydrogen) atoms. The summed E-state index contributed by atoms with van der Waals surface area (Å²) in [4.78, 5) is 11.3. The third kappa shape index (κ3) is 5.35. The Balaban J connectivity index is 2.81. The highest BCUT2D eigenvalue weighted by Crippen LogP contribution is 2.14. The van der Waals surface area contributed by atoms with E-state index >= 15 is 0 Å². The Hall–Kier alpha value is -1.61. The summed E-state index contributed by atoms with van der Waals surface area (Å²) >= 11 is 0. The largest absolute Gasteiger partial charge is 0.337 e. The topological polar surface area (TPSA) is 109 Å². The summed E-state index contributed by atoms with van der Waals surface area (Å²) in [6, 6.07) is 3.82. The molecular weight excluding hydrogens is 316 g/mol. The summed E-state index contributed by atoms with van der Waals surface area (Å²) in [5.41, 5.74) is 0. The van der Waals surface area contributed by atoms with Crippen LogP contribution in [-0.4, -0.2) is 35.7 Å². The van der Waals surface area contributed by atoms with Gasteiger partial charge in [-0.15, -0.1) is 0 Å². The first kappa shape index (κ1) is 17.4. The van der Waals surface area contributed by atoms with Gasteiger partial charge in [0.2, 0.25) is 0 Å². The van der Waals surface area contributed by atoms with Gasteiger partial charge in [-0.05, 0) is 30.7 Å². The number of carbonyl (C=O) groups excluding carboxylic acids is 1. The zero-order valence-corrected chi connectivity index (χ0v) is 13.4. The van der Waals surface area contributed by atoms with Crippen LogP contribution in [0.2, 0.25) is 0 Å². The molecule has 0 fully saturated rings. The van der Waals surface area contributed by atoms with Crippen molar-refractivity contribution >= 4 is 25.9 Å². The molecule has 0 bridgehead atoms. The Morgan fingerprint density at radius 3 is 2.05 bits per heavy atom. The summed E-state index contributed by atoms with van der Waals surface area (Å²) < 4.78 is 48.3. The first-order valence-electron chi connectivity index (χ1n) is 6.27. The molecule has 0 atom stereocenters. The Kier molecular flexibility index (Phi) is 5.73. The van der Waals surface area contributed by atoms with Crippen molar-refractivity contribution in [3.8, 4) is 0 Å². The third-order valence-electron chi connectivity index (χ3n) is 2.61. The summed E-state index contributed by atoms with van der Waals surface area (Å²) in [6.45, 7) is 2.32. The van der Waals surface area contributed by atoms with Crippen LogP contribution in [0.4, 0.5) is 4.79 Å². The molecule has 0 aromatic heterocycles. The van der Waals surface area contributed by atoms with Crippen molar-refractivity contribution in [1.29, 1.82) is 0 Å². The maximum atomic E-state index is 11.9. The molecule has 0 unspecified atom stereocenters. The van der Waals surface area contributed by atoms with E-state index in [4.69, 9.17) is 0 Å². The summed E-state index contributed by atoms with van der Waals surface area (Å²) in [5, 5.41) is 2.42. The van der Waals surface area contributed by atoms with Crippen LogP contribution >= 0.6 is 0 Å². The molecule has 0 saturated carbocycles. The standard InChI is InChI=1S/C12H18N2O5S2/c1-3-4-9-13-12(15)14-21(18,19)11-7-5-10(6-8-11)20(2,16)17/h5-8H,3-4,9H2,1-2H3,(H2,13,14,15). The lowest BCUT2D eigenvalue weighted by atomic mass is 10.3. The van der Waals surface area contributed by atoms with Crippen LogP contribution < -0.4 is 10.0 Å². The third-order valence-corrected chi connectivity index (χ3v) is 5.08. The average molecular weight is 334 g/mol. The highest BCUT2D eigenvalue weighted by atomic mass is 32.2. The molecule has 0 saturated heterocycles. The van der Waals surface area contributed by atoms with Gasteiger partial charge in [0.05, 0.1) is 9.79 Å². The monoisotopic (exact) mass is 334 g/mol. The second-order valence-corrected chi connectivity index (χ2v) is 8.16. The zero-order valence-electron chi connectivity index (χ0n) is 11.8. The van der Waals surface area contributed by atoms with E-state index in [1.807, 2.05) is 11.6 Å². The maximum Gasteiger partial charge on any atom is 0.328 e. The van der Waals surface area contributed by atoms with Crippen LogP contribution in [0.3, 0.4) is 0 Å². The van der Waals surface area contributed by atoms with Crippen molar-refractivity contribution in [3.05, 3.63) is 24.3 Å². The number of sulfone groups is 1. The Morgan fingerprint density at radius 2 is 1.57 bits per heavy atom. The van der Waals surface area contributed by atoms with E-state index in [0.29, 0.717) is 6.54 Å². The highest BCUT2D eigenvalue weighted by molar-refractivity contribution is 7.91. The number of amides is 2. The Morgan fingerprint density at radius 1 is 1.05 bits per heavy atom. The average Bonchev–Trinajstić information content (AvgIpc) is 2.37. The lowest BCUT2D eigenvalue weighted by Crippen LogP contribution is -2.39. The molecule has 2 amide bonds. The molecule has 1 aromatic carbocycles. The molecule has 0 spiro atoms. The maximum absolute atomic E-state index is 11.9. The van der Waals surface area contributed by atoms with Gasteiger partial charge in [-0.2, -0.15) is 0 Å². The van der Waals surface area contributed by atoms with Gasteiger partial charge >= 0.3 is 6.03 Å². The van der Waals surface area contributed by atoms with Gasteiger partial charge in [0.25, 0.3) is 10.0 Å². The van der Waals surface area contributed by atoms with Crippen LogP contribution in [0.25, 0.3) is 0 Å². The first-order chi connectivity index (χ1) is 9.66. The van der Waals surface area contributed by atoms with E-state index in [1.165, 1.54) is 12.1 Å². The van der Waals surface area contributed by atoms with E-state index in [0.717, 1.165) is 31.2 Å². The van der Waals surface area contributed by atoms with Crippen LogP contribution in [0.15, 0.2) is 34.1 Å². The number of carbonyl (C=O) groups is 1. The SMILES string of the molecule is CCCCNC(=O)NS(=O)(=O)c1ccc(S(C)(=O)=O)cc1. The lowest BCUT2D eigenvalue weighted by molar-refractivity contribution is 0.245. The van der Waals surface area contributed by atoms with Gasteiger partial charge in [0.15, 0.2) is 9.84 Å². The van der Waals surface area contributed by atoms with Crippen LogP contribution in [0.1, 0.15) is 19.8 Å². The van der Waals surface area contributed by atoms with Crippen LogP contribution in [0, 0.1) is 0 Å². The fraction of sp³-hybridized carbons (Fsp3) is 0.417. The van der Waals surface area contributed by atoms with E-state index in [9.17, 15) is 21.6 Å². The predicted molar refractivity (Wildman–Crippen MR) is 78.2 cm³/mol. The number of benzene rings is 1. The summed E-state index contributed by atoms with van der Waals surface area (Å²) in [6.07, 6.45) is 2.65. The molecule has 7 nitrogen and oxygen atoms in total. The molecule has 1 rings (SSSR count). The summed E-state index contributed by atoms with van der Waals surface area (Å²) in [5.74, 6) is 0. The molecule has 0 aliphatic rings. The number of urea groups is 1. The van der Waals surface area contributed by atoms with Crippen LogP contribution in [0.5, 0.6) is 0 Å². The van der Waals surface area contributed by atoms with Gasteiger partial charge < -0.3 is 5.32 Å². The van der Waals surface area contributed by atoms with Crippen molar-refractivity contribution in [1.82, 2.24) is 10.0 Å². The predicted octanol–water partition coefficient (Wildman–Crippen LogP) is 0.878. The molecule has 118 valence electrons. The number of hydrogen-bond acceptors (Lipinski definition) is 5. The molecule has 0 aliphatic carbocycles. The van der Waals surface area contributed by atoms with E-state index < -0.39 is 25.9 Å². The van der Waals surface area contributed by atoms with Gasteiger partial charge in [0.1, 0.15) is 0 Å². The number of nitrogens with one attached hydrogen (secondary N) is 2. The van der Waals surface area contributed by atoms with E-state index in [1.54, 1.807) is 0 Å². The van der Waals surface area contributed by atoms with Gasteiger partial charge in [0, 0.05) is 12.8 Å². The van der Waals surface area contributed by atoms with Gasteiger partial charge in [-0.3, -0.25) is 0 Å². The minimum absolute atomic E-state index is 0.00819. The van der Waals surface area contributed by atoms with E-state index in [-0.39, 0.29) is 9.79 Å². The number of rotatable bonds is 6. The van der Waals surface area contributed by atoms with Crippen molar-refractivity contribution < 1.29 is 21.6 Å².